The summed E-state index contributed by atoms with van der Waals surface area (Å²) in [7, 11) is 0. The zero-order valence-electron chi connectivity index (χ0n) is 14.0. The van der Waals surface area contributed by atoms with E-state index < -0.39 is 0 Å². The number of halogens is 1. The molecule has 2 aromatic carbocycles. The fraction of sp³-hybridized carbons (Fsp3) is 0.105. The van der Waals surface area contributed by atoms with E-state index in [0.717, 1.165) is 22.2 Å². The van der Waals surface area contributed by atoms with Crippen molar-refractivity contribution in [2.24, 2.45) is 5.73 Å². The van der Waals surface area contributed by atoms with E-state index in [2.05, 4.69) is 10.3 Å². The Bertz CT molecular complexity index is 952. The molecular formula is C19H19ClN4O. The minimum atomic E-state index is 0. The largest absolute Gasteiger partial charge is 0.384 e. The van der Waals surface area contributed by atoms with Crippen LogP contribution in [0.25, 0.3) is 10.9 Å². The van der Waals surface area contributed by atoms with Crippen LogP contribution in [0.5, 0.6) is 0 Å². The van der Waals surface area contributed by atoms with Crippen molar-refractivity contribution in [1.29, 1.82) is 5.41 Å². The smallest absolute Gasteiger partial charge is 0.159 e. The number of aryl methyl sites for hydroxylation is 1. The molecule has 0 atom stereocenters. The first-order valence-corrected chi connectivity index (χ1v) is 7.58. The SMILES string of the molecule is CC(=O)c1ccc2c(C)cc(Nc3ccc(C(=N)N)cc3)nc2c1.Cl. The monoisotopic (exact) mass is 354 g/mol. The van der Waals surface area contributed by atoms with E-state index in [4.69, 9.17) is 11.1 Å². The Morgan fingerprint density at radius 1 is 1.08 bits per heavy atom. The van der Waals surface area contributed by atoms with Crippen molar-refractivity contribution < 1.29 is 4.79 Å². The van der Waals surface area contributed by atoms with Gasteiger partial charge in [0.05, 0.1) is 5.52 Å². The molecule has 128 valence electrons. The molecule has 0 aliphatic carbocycles. The Morgan fingerprint density at radius 3 is 2.32 bits per heavy atom. The Balaban J connectivity index is 0.00000225. The molecule has 5 nitrogen and oxygen atoms in total. The molecule has 3 aromatic rings. The van der Waals surface area contributed by atoms with Crippen LogP contribution in [0.4, 0.5) is 11.5 Å². The van der Waals surface area contributed by atoms with Gasteiger partial charge in [-0.1, -0.05) is 12.1 Å². The molecule has 0 fully saturated rings. The standard InChI is InChI=1S/C19H18N4O.ClH/c1-11-9-18(22-15-6-3-13(4-7-15)19(20)21)23-17-10-14(12(2)24)5-8-16(11)17;/h3-10H,1-2H3,(H3,20,21)(H,22,23);1H. The number of fused-ring (bicyclic) bond motifs is 1. The summed E-state index contributed by atoms with van der Waals surface area (Å²) in [4.78, 5) is 16.2. The van der Waals surface area contributed by atoms with E-state index in [1.54, 1.807) is 19.1 Å². The van der Waals surface area contributed by atoms with Gasteiger partial charge in [0.25, 0.3) is 0 Å². The third-order valence-corrected chi connectivity index (χ3v) is 3.89. The maximum absolute atomic E-state index is 11.6. The summed E-state index contributed by atoms with van der Waals surface area (Å²) in [6, 6.07) is 14.8. The van der Waals surface area contributed by atoms with Crippen LogP contribution in [-0.2, 0) is 0 Å². The molecular weight excluding hydrogens is 336 g/mol. The van der Waals surface area contributed by atoms with Crippen molar-refractivity contribution in [2.75, 3.05) is 5.32 Å². The molecule has 0 aliphatic heterocycles. The summed E-state index contributed by atoms with van der Waals surface area (Å²) in [5.74, 6) is 0.767. The molecule has 4 N–H and O–H groups in total. The van der Waals surface area contributed by atoms with Crippen molar-refractivity contribution in [1.82, 2.24) is 4.98 Å². The van der Waals surface area contributed by atoms with E-state index >= 15 is 0 Å². The predicted molar refractivity (Wildman–Crippen MR) is 104 cm³/mol. The van der Waals surface area contributed by atoms with Crippen LogP contribution in [0.1, 0.15) is 28.4 Å². The van der Waals surface area contributed by atoms with Gasteiger partial charge in [-0.2, -0.15) is 0 Å². The number of hydrogen-bond donors (Lipinski definition) is 3. The highest BCUT2D eigenvalue weighted by molar-refractivity contribution is 5.98. The predicted octanol–water partition coefficient (Wildman–Crippen LogP) is 4.20. The number of Topliss-reactive ketones (excluding diaryl/α,β-unsaturated/α-hetero) is 1. The number of pyridine rings is 1. The molecule has 0 amide bonds. The lowest BCUT2D eigenvalue weighted by atomic mass is 10.1. The van der Waals surface area contributed by atoms with Crippen LogP contribution in [0.2, 0.25) is 0 Å². The number of nitrogens with zero attached hydrogens (tertiary/aromatic N) is 1. The van der Waals surface area contributed by atoms with Gasteiger partial charge in [0, 0.05) is 22.2 Å². The average Bonchev–Trinajstić information content (AvgIpc) is 2.54. The van der Waals surface area contributed by atoms with Crippen LogP contribution < -0.4 is 11.1 Å². The molecule has 0 saturated carbocycles. The zero-order chi connectivity index (χ0) is 17.3. The topological polar surface area (TPSA) is 91.9 Å². The number of aromatic nitrogens is 1. The quantitative estimate of drug-likeness (QED) is 0.372. The van der Waals surface area contributed by atoms with Crippen LogP contribution in [0, 0.1) is 12.3 Å². The van der Waals surface area contributed by atoms with Crippen LogP contribution in [0.15, 0.2) is 48.5 Å². The van der Waals surface area contributed by atoms with Crippen molar-refractivity contribution in [2.45, 2.75) is 13.8 Å². The minimum absolute atomic E-state index is 0. The molecule has 3 rings (SSSR count). The number of rotatable bonds is 4. The summed E-state index contributed by atoms with van der Waals surface area (Å²) in [6.45, 7) is 3.56. The number of carbonyl (C=O) groups excluding carboxylic acids is 1. The molecule has 0 spiro atoms. The fourth-order valence-corrected chi connectivity index (χ4v) is 2.57. The van der Waals surface area contributed by atoms with Gasteiger partial charge >= 0.3 is 0 Å². The molecule has 0 unspecified atom stereocenters. The summed E-state index contributed by atoms with van der Waals surface area (Å²) in [5, 5.41) is 11.7. The Kier molecular flexibility index (Phi) is 5.39. The molecule has 1 heterocycles. The third-order valence-electron chi connectivity index (χ3n) is 3.89. The summed E-state index contributed by atoms with van der Waals surface area (Å²) in [6.07, 6.45) is 0. The molecule has 0 saturated heterocycles. The summed E-state index contributed by atoms with van der Waals surface area (Å²) >= 11 is 0. The van der Waals surface area contributed by atoms with E-state index in [1.165, 1.54) is 0 Å². The highest BCUT2D eigenvalue weighted by Crippen LogP contribution is 2.24. The molecule has 25 heavy (non-hydrogen) atoms. The average molecular weight is 355 g/mol. The number of nitrogens with one attached hydrogen (secondary N) is 2. The van der Waals surface area contributed by atoms with Crippen LogP contribution in [0.3, 0.4) is 0 Å². The molecule has 0 bridgehead atoms. The number of amidine groups is 1. The highest BCUT2D eigenvalue weighted by Gasteiger charge is 2.07. The lowest BCUT2D eigenvalue weighted by Gasteiger charge is -2.10. The maximum Gasteiger partial charge on any atom is 0.159 e. The first-order chi connectivity index (χ1) is 11.4. The third kappa shape index (κ3) is 3.95. The van der Waals surface area contributed by atoms with Crippen LogP contribution in [-0.4, -0.2) is 16.6 Å². The maximum atomic E-state index is 11.6. The van der Waals surface area contributed by atoms with E-state index in [1.807, 2.05) is 43.3 Å². The Hall–Kier alpha value is -2.92. The van der Waals surface area contributed by atoms with Crippen molar-refractivity contribution in [3.8, 4) is 0 Å². The van der Waals surface area contributed by atoms with E-state index in [-0.39, 0.29) is 24.0 Å². The Labute approximate surface area is 152 Å². The van der Waals surface area contributed by atoms with Gasteiger partial charge < -0.3 is 11.1 Å². The number of benzene rings is 2. The van der Waals surface area contributed by atoms with Crippen molar-refractivity contribution in [3.05, 3.63) is 65.2 Å². The number of anilines is 2. The second-order valence-electron chi connectivity index (χ2n) is 5.73. The zero-order valence-corrected chi connectivity index (χ0v) is 14.8. The number of hydrogen-bond acceptors (Lipinski definition) is 4. The number of carbonyl (C=O) groups is 1. The van der Waals surface area contributed by atoms with Gasteiger partial charge in [-0.25, -0.2) is 4.98 Å². The van der Waals surface area contributed by atoms with Crippen molar-refractivity contribution >= 4 is 46.4 Å². The van der Waals surface area contributed by atoms with Gasteiger partial charge in [-0.3, -0.25) is 10.2 Å². The first-order valence-electron chi connectivity index (χ1n) is 7.58. The van der Waals surface area contributed by atoms with Crippen LogP contribution >= 0.6 is 12.4 Å². The lowest BCUT2D eigenvalue weighted by molar-refractivity contribution is 0.101. The molecule has 1 aromatic heterocycles. The first kappa shape index (κ1) is 18.4. The van der Waals surface area contributed by atoms with Gasteiger partial charge in [0.1, 0.15) is 11.7 Å². The number of nitrogens with two attached hydrogens (primary N) is 1. The highest BCUT2D eigenvalue weighted by atomic mass is 35.5. The summed E-state index contributed by atoms with van der Waals surface area (Å²) in [5.41, 5.74) is 9.51. The molecule has 6 heteroatoms. The van der Waals surface area contributed by atoms with Gasteiger partial charge in [0.2, 0.25) is 0 Å². The van der Waals surface area contributed by atoms with E-state index in [0.29, 0.717) is 16.9 Å². The molecule has 0 aliphatic rings. The fourth-order valence-electron chi connectivity index (χ4n) is 2.57. The Morgan fingerprint density at radius 2 is 1.72 bits per heavy atom. The second kappa shape index (κ2) is 7.32. The van der Waals surface area contributed by atoms with E-state index in [9.17, 15) is 4.79 Å². The molecule has 0 radical (unpaired) electrons. The minimum Gasteiger partial charge on any atom is -0.384 e. The number of ketones is 1. The van der Waals surface area contributed by atoms with Gasteiger partial charge in [-0.05, 0) is 55.8 Å². The van der Waals surface area contributed by atoms with Gasteiger partial charge in [0.15, 0.2) is 5.78 Å². The normalized spacial score (nSPS) is 10.2. The van der Waals surface area contributed by atoms with Crippen molar-refractivity contribution in [3.63, 3.8) is 0 Å². The number of nitrogen functional groups attached to an aromatic ring is 1. The second-order valence-corrected chi connectivity index (χ2v) is 5.73. The van der Waals surface area contributed by atoms with Gasteiger partial charge in [-0.15, -0.1) is 12.4 Å². The summed E-state index contributed by atoms with van der Waals surface area (Å²) < 4.78 is 0. The lowest BCUT2D eigenvalue weighted by Crippen LogP contribution is -2.10.